The molecule has 3 rings (SSSR count). The number of rotatable bonds is 6. The Kier molecular flexibility index (Phi) is 6.22. The van der Waals surface area contributed by atoms with E-state index in [1.807, 2.05) is 42.5 Å². The third-order valence-electron chi connectivity index (χ3n) is 4.07. The maximum Gasteiger partial charge on any atom is 0.339 e. The first-order valence-electron chi connectivity index (χ1n) is 8.52. The van der Waals surface area contributed by atoms with Crippen LogP contribution in [0.3, 0.4) is 0 Å². The number of hydrogen-bond donors (Lipinski definition) is 0. The van der Waals surface area contributed by atoms with Crippen LogP contribution < -0.4 is 4.74 Å². The van der Waals surface area contributed by atoms with Gasteiger partial charge >= 0.3 is 5.97 Å². The third kappa shape index (κ3) is 4.83. The van der Waals surface area contributed by atoms with E-state index in [-0.39, 0.29) is 19.1 Å². The van der Waals surface area contributed by atoms with Crippen LogP contribution in [0.4, 0.5) is 0 Å². The van der Waals surface area contributed by atoms with Gasteiger partial charge in [-0.15, -0.1) is 0 Å². The predicted molar refractivity (Wildman–Crippen MR) is 94.9 cm³/mol. The second-order valence-corrected chi connectivity index (χ2v) is 5.83. The van der Waals surface area contributed by atoms with E-state index >= 15 is 0 Å². The lowest BCUT2D eigenvalue weighted by molar-refractivity contribution is -0.138. The van der Waals surface area contributed by atoms with Gasteiger partial charge in [0.1, 0.15) is 12.4 Å². The summed E-state index contributed by atoms with van der Waals surface area (Å²) in [5, 5.41) is 0. The Morgan fingerprint density at radius 2 is 1.65 bits per heavy atom. The van der Waals surface area contributed by atoms with E-state index in [2.05, 4.69) is 0 Å². The van der Waals surface area contributed by atoms with Crippen LogP contribution >= 0.6 is 0 Å². The molecule has 26 heavy (non-hydrogen) atoms. The standard InChI is InChI=1S/C20H21NO5/c22-19(21-10-12-24-13-11-21)15-26-20(23)18-9-5-4-6-16(18)14-25-17-7-2-1-3-8-17/h1-9H,10-15H2. The van der Waals surface area contributed by atoms with Crippen molar-refractivity contribution in [3.63, 3.8) is 0 Å². The van der Waals surface area contributed by atoms with E-state index in [1.165, 1.54) is 0 Å². The molecule has 1 amide bonds. The first-order valence-corrected chi connectivity index (χ1v) is 8.52. The fraction of sp³-hybridized carbons (Fsp3) is 0.300. The first-order chi connectivity index (χ1) is 12.7. The Hall–Kier alpha value is -2.86. The van der Waals surface area contributed by atoms with Gasteiger partial charge in [-0.05, 0) is 18.2 Å². The molecule has 6 heteroatoms. The molecule has 0 aliphatic carbocycles. The molecular weight excluding hydrogens is 334 g/mol. The molecule has 0 saturated carbocycles. The summed E-state index contributed by atoms with van der Waals surface area (Å²) < 4.78 is 16.1. The Morgan fingerprint density at radius 3 is 2.42 bits per heavy atom. The number of hydrogen-bond acceptors (Lipinski definition) is 5. The number of benzene rings is 2. The molecule has 0 radical (unpaired) electrons. The van der Waals surface area contributed by atoms with Crippen LogP contribution in [0.1, 0.15) is 15.9 Å². The number of carbonyl (C=O) groups excluding carboxylic acids is 2. The van der Waals surface area contributed by atoms with Crippen molar-refractivity contribution < 1.29 is 23.8 Å². The highest BCUT2D eigenvalue weighted by molar-refractivity contribution is 5.92. The van der Waals surface area contributed by atoms with Gasteiger partial charge < -0.3 is 19.1 Å². The molecule has 0 N–H and O–H groups in total. The number of esters is 1. The minimum atomic E-state index is -0.529. The minimum absolute atomic E-state index is 0.209. The summed E-state index contributed by atoms with van der Waals surface area (Å²) in [6, 6.07) is 16.4. The van der Waals surface area contributed by atoms with Crippen LogP contribution in [0.5, 0.6) is 5.75 Å². The highest BCUT2D eigenvalue weighted by Gasteiger charge is 2.20. The third-order valence-corrected chi connectivity index (χ3v) is 4.07. The molecule has 0 bridgehead atoms. The van der Waals surface area contributed by atoms with E-state index in [1.54, 1.807) is 17.0 Å². The Balaban J connectivity index is 1.57. The molecule has 136 valence electrons. The van der Waals surface area contributed by atoms with Gasteiger partial charge in [0.2, 0.25) is 0 Å². The van der Waals surface area contributed by atoms with Crippen molar-refractivity contribution in [2.45, 2.75) is 6.61 Å². The number of morpholine rings is 1. The van der Waals surface area contributed by atoms with Crippen molar-refractivity contribution >= 4 is 11.9 Å². The lowest BCUT2D eigenvalue weighted by atomic mass is 10.1. The summed E-state index contributed by atoms with van der Waals surface area (Å²) >= 11 is 0. The average molecular weight is 355 g/mol. The predicted octanol–water partition coefficient (Wildman–Crippen LogP) is 2.28. The molecule has 1 saturated heterocycles. The molecule has 6 nitrogen and oxygen atoms in total. The fourth-order valence-electron chi connectivity index (χ4n) is 2.63. The van der Waals surface area contributed by atoms with E-state index in [0.717, 1.165) is 5.75 Å². The SMILES string of the molecule is O=C(OCC(=O)N1CCOCC1)c1ccccc1COc1ccccc1. The topological polar surface area (TPSA) is 65.1 Å². The summed E-state index contributed by atoms with van der Waals surface area (Å²) in [4.78, 5) is 26.1. The van der Waals surface area contributed by atoms with Crippen LogP contribution in [0.2, 0.25) is 0 Å². The molecule has 0 aromatic heterocycles. The van der Waals surface area contributed by atoms with Crippen molar-refractivity contribution in [1.82, 2.24) is 4.90 Å². The van der Waals surface area contributed by atoms with Gasteiger partial charge in [0.25, 0.3) is 5.91 Å². The van der Waals surface area contributed by atoms with Crippen LogP contribution in [0, 0.1) is 0 Å². The van der Waals surface area contributed by atoms with Gasteiger partial charge in [-0.3, -0.25) is 4.79 Å². The van der Waals surface area contributed by atoms with Crippen molar-refractivity contribution in [3.8, 4) is 5.75 Å². The van der Waals surface area contributed by atoms with E-state index in [9.17, 15) is 9.59 Å². The fourth-order valence-corrected chi connectivity index (χ4v) is 2.63. The zero-order valence-corrected chi connectivity index (χ0v) is 14.4. The second kappa shape index (κ2) is 9.01. The largest absolute Gasteiger partial charge is 0.489 e. The Morgan fingerprint density at radius 1 is 0.962 bits per heavy atom. The molecule has 2 aromatic carbocycles. The minimum Gasteiger partial charge on any atom is -0.489 e. The number of amides is 1. The molecule has 2 aromatic rings. The molecule has 0 spiro atoms. The molecule has 1 heterocycles. The van der Waals surface area contributed by atoms with Crippen LogP contribution in [-0.2, 0) is 20.9 Å². The molecule has 1 fully saturated rings. The molecular formula is C20H21NO5. The normalized spacial score (nSPS) is 13.9. The van der Waals surface area contributed by atoms with Gasteiger partial charge in [-0.25, -0.2) is 4.79 Å². The van der Waals surface area contributed by atoms with Crippen LogP contribution in [-0.4, -0.2) is 49.7 Å². The maximum atomic E-state index is 12.4. The van der Waals surface area contributed by atoms with E-state index in [0.29, 0.717) is 37.4 Å². The first kappa shape index (κ1) is 17.9. The van der Waals surface area contributed by atoms with Crippen molar-refractivity contribution in [2.24, 2.45) is 0 Å². The van der Waals surface area contributed by atoms with Crippen molar-refractivity contribution in [2.75, 3.05) is 32.9 Å². The summed E-state index contributed by atoms with van der Waals surface area (Å²) in [5.41, 5.74) is 1.11. The summed E-state index contributed by atoms with van der Waals surface area (Å²) in [6.45, 7) is 2.05. The molecule has 1 aliphatic rings. The number of carbonyl (C=O) groups is 2. The van der Waals surface area contributed by atoms with Gasteiger partial charge in [0.05, 0.1) is 18.8 Å². The summed E-state index contributed by atoms with van der Waals surface area (Å²) in [5.74, 6) is -0.0169. The molecule has 0 atom stereocenters. The number of ether oxygens (including phenoxy) is 3. The zero-order chi connectivity index (χ0) is 18.2. The van der Waals surface area contributed by atoms with E-state index in [4.69, 9.17) is 14.2 Å². The van der Waals surface area contributed by atoms with E-state index < -0.39 is 5.97 Å². The average Bonchev–Trinajstić information content (AvgIpc) is 2.72. The number of nitrogens with zero attached hydrogens (tertiary/aromatic N) is 1. The Bertz CT molecular complexity index is 741. The maximum absolute atomic E-state index is 12.4. The summed E-state index contributed by atoms with van der Waals surface area (Å²) in [7, 11) is 0. The highest BCUT2D eigenvalue weighted by atomic mass is 16.5. The van der Waals surface area contributed by atoms with Gasteiger partial charge in [-0.1, -0.05) is 36.4 Å². The van der Waals surface area contributed by atoms with Crippen molar-refractivity contribution in [1.29, 1.82) is 0 Å². The summed E-state index contributed by atoms with van der Waals surface area (Å²) in [6.07, 6.45) is 0. The van der Waals surface area contributed by atoms with Crippen molar-refractivity contribution in [3.05, 3.63) is 65.7 Å². The Labute approximate surface area is 152 Å². The monoisotopic (exact) mass is 355 g/mol. The quantitative estimate of drug-likeness (QED) is 0.744. The smallest absolute Gasteiger partial charge is 0.339 e. The lowest BCUT2D eigenvalue weighted by Crippen LogP contribution is -2.42. The molecule has 1 aliphatic heterocycles. The lowest BCUT2D eigenvalue weighted by Gasteiger charge is -2.26. The number of para-hydroxylation sites is 1. The zero-order valence-electron chi connectivity index (χ0n) is 14.4. The van der Waals surface area contributed by atoms with Crippen LogP contribution in [0.15, 0.2) is 54.6 Å². The van der Waals surface area contributed by atoms with Gasteiger partial charge in [0, 0.05) is 18.7 Å². The second-order valence-electron chi connectivity index (χ2n) is 5.83. The highest BCUT2D eigenvalue weighted by Crippen LogP contribution is 2.15. The van der Waals surface area contributed by atoms with Gasteiger partial charge in [-0.2, -0.15) is 0 Å². The van der Waals surface area contributed by atoms with Crippen LogP contribution in [0.25, 0.3) is 0 Å². The van der Waals surface area contributed by atoms with Gasteiger partial charge in [0.15, 0.2) is 6.61 Å². The molecule has 0 unspecified atom stereocenters.